The highest BCUT2D eigenvalue weighted by atomic mass is 79.9. The molecule has 1 aromatic rings. The molecule has 0 aliphatic carbocycles. The Morgan fingerprint density at radius 2 is 2.28 bits per heavy atom. The molecule has 2 aliphatic heterocycles. The maximum atomic E-state index is 5.99. The van der Waals surface area contributed by atoms with Gasteiger partial charge >= 0.3 is 7.12 Å². The summed E-state index contributed by atoms with van der Waals surface area (Å²) in [4.78, 5) is 0. The Labute approximate surface area is 115 Å². The van der Waals surface area contributed by atoms with Crippen LogP contribution in [0.2, 0.25) is 0 Å². The molecule has 4 nitrogen and oxygen atoms in total. The average molecular weight is 312 g/mol. The van der Waals surface area contributed by atoms with Crippen molar-refractivity contribution in [2.45, 2.75) is 25.6 Å². The lowest BCUT2D eigenvalue weighted by Crippen LogP contribution is -2.40. The molecule has 0 spiro atoms. The molecule has 0 bridgehead atoms. The van der Waals surface area contributed by atoms with Gasteiger partial charge in [0.1, 0.15) is 12.4 Å². The third kappa shape index (κ3) is 1.88. The van der Waals surface area contributed by atoms with Crippen molar-refractivity contribution >= 4 is 28.5 Å². The summed E-state index contributed by atoms with van der Waals surface area (Å²) in [7, 11) is -0.390. The van der Waals surface area contributed by atoms with Crippen LogP contribution < -0.4 is 15.9 Å². The smallest absolute Gasteiger partial charge is 0.491 e. The monoisotopic (exact) mass is 311 g/mol. The number of halogens is 1. The van der Waals surface area contributed by atoms with E-state index >= 15 is 0 Å². The standard InChI is InChI=1S/C12H15BBrNO3/c1-12(2)6-16-8-4-3-7(14)10-9(5-15)17-13(18-12)11(8)10/h3-4,9H,5-6,15H2,1-2H3/t9-/m1/s1. The Morgan fingerprint density at radius 1 is 1.50 bits per heavy atom. The van der Waals surface area contributed by atoms with E-state index in [4.69, 9.17) is 19.8 Å². The van der Waals surface area contributed by atoms with E-state index in [1.807, 2.05) is 26.0 Å². The minimum absolute atomic E-state index is 0.142. The molecule has 0 fully saturated rings. The summed E-state index contributed by atoms with van der Waals surface area (Å²) in [6, 6.07) is 3.92. The highest BCUT2D eigenvalue weighted by Crippen LogP contribution is 2.36. The highest BCUT2D eigenvalue weighted by Gasteiger charge is 2.46. The molecule has 3 rings (SSSR count). The lowest BCUT2D eigenvalue weighted by atomic mass is 9.77. The summed E-state index contributed by atoms with van der Waals surface area (Å²) >= 11 is 3.55. The van der Waals surface area contributed by atoms with Crippen LogP contribution in [0.3, 0.4) is 0 Å². The van der Waals surface area contributed by atoms with Crippen LogP contribution in [-0.2, 0) is 9.31 Å². The van der Waals surface area contributed by atoms with Gasteiger partial charge in [-0.05, 0) is 31.5 Å². The lowest BCUT2D eigenvalue weighted by molar-refractivity contribution is 0.0281. The van der Waals surface area contributed by atoms with Crippen LogP contribution in [0.15, 0.2) is 16.6 Å². The van der Waals surface area contributed by atoms with Crippen molar-refractivity contribution in [3.8, 4) is 5.75 Å². The fourth-order valence-electron chi connectivity index (χ4n) is 2.41. The van der Waals surface area contributed by atoms with E-state index in [-0.39, 0.29) is 11.7 Å². The number of hydrogen-bond acceptors (Lipinski definition) is 4. The van der Waals surface area contributed by atoms with Crippen LogP contribution in [0, 0.1) is 0 Å². The third-order valence-corrected chi connectivity index (χ3v) is 3.95. The second-order valence-corrected chi connectivity index (χ2v) is 6.09. The minimum atomic E-state index is -0.390. The number of hydrogen-bond donors (Lipinski definition) is 1. The normalized spacial score (nSPS) is 24.4. The first-order chi connectivity index (χ1) is 8.52. The van der Waals surface area contributed by atoms with Crippen LogP contribution in [0.5, 0.6) is 5.75 Å². The van der Waals surface area contributed by atoms with Crippen LogP contribution >= 0.6 is 15.9 Å². The van der Waals surface area contributed by atoms with Gasteiger partial charge in [-0.3, -0.25) is 0 Å². The average Bonchev–Trinajstić information content (AvgIpc) is 2.61. The van der Waals surface area contributed by atoms with Crippen LogP contribution in [0.25, 0.3) is 0 Å². The van der Waals surface area contributed by atoms with Gasteiger partial charge in [-0.25, -0.2) is 0 Å². The van der Waals surface area contributed by atoms with Crippen molar-refractivity contribution < 1.29 is 14.0 Å². The van der Waals surface area contributed by atoms with Crippen LogP contribution in [0.1, 0.15) is 25.5 Å². The van der Waals surface area contributed by atoms with Crippen LogP contribution in [-0.4, -0.2) is 25.9 Å². The summed E-state index contributed by atoms with van der Waals surface area (Å²) in [6.45, 7) is 4.92. The maximum absolute atomic E-state index is 5.99. The summed E-state index contributed by atoms with van der Waals surface area (Å²) in [5, 5.41) is 0. The maximum Gasteiger partial charge on any atom is 0.499 e. The first-order valence-corrected chi connectivity index (χ1v) is 6.79. The first-order valence-electron chi connectivity index (χ1n) is 6.00. The molecule has 0 amide bonds. The van der Waals surface area contributed by atoms with Gasteiger partial charge in [-0.2, -0.15) is 0 Å². The molecular weight excluding hydrogens is 297 g/mol. The largest absolute Gasteiger partial charge is 0.499 e. The Bertz CT molecular complexity index is 494. The van der Waals surface area contributed by atoms with Gasteiger partial charge in [-0.15, -0.1) is 0 Å². The molecule has 0 saturated carbocycles. The fourth-order valence-corrected chi connectivity index (χ4v) is 3.01. The molecule has 0 saturated heterocycles. The van der Waals surface area contributed by atoms with E-state index in [1.54, 1.807) is 0 Å². The number of rotatable bonds is 1. The van der Waals surface area contributed by atoms with Gasteiger partial charge in [0.15, 0.2) is 0 Å². The minimum Gasteiger partial charge on any atom is -0.491 e. The molecular formula is C12H15BBrNO3. The molecule has 2 N–H and O–H groups in total. The fraction of sp³-hybridized carbons (Fsp3) is 0.500. The van der Waals surface area contributed by atoms with Gasteiger partial charge in [0.05, 0.1) is 11.7 Å². The van der Waals surface area contributed by atoms with E-state index in [9.17, 15) is 0 Å². The van der Waals surface area contributed by atoms with Crippen molar-refractivity contribution in [2.24, 2.45) is 5.73 Å². The van der Waals surface area contributed by atoms with E-state index in [2.05, 4.69) is 15.9 Å². The number of nitrogens with two attached hydrogens (primary N) is 1. The molecule has 0 aromatic heterocycles. The van der Waals surface area contributed by atoms with Gasteiger partial charge < -0.3 is 19.8 Å². The van der Waals surface area contributed by atoms with Gasteiger partial charge in [0.25, 0.3) is 0 Å². The highest BCUT2D eigenvalue weighted by molar-refractivity contribution is 9.10. The second kappa shape index (κ2) is 4.23. The number of benzene rings is 1. The van der Waals surface area contributed by atoms with E-state index in [1.165, 1.54) is 0 Å². The zero-order valence-corrected chi connectivity index (χ0v) is 12.0. The Morgan fingerprint density at radius 3 is 3.00 bits per heavy atom. The van der Waals surface area contributed by atoms with Crippen molar-refractivity contribution in [3.05, 3.63) is 22.2 Å². The molecule has 1 atom stereocenters. The molecule has 2 aliphatic rings. The van der Waals surface area contributed by atoms with Gasteiger partial charge in [0, 0.05) is 16.5 Å². The summed E-state index contributed by atoms with van der Waals surface area (Å²) in [5.41, 5.74) is 7.42. The van der Waals surface area contributed by atoms with Gasteiger partial charge in [-0.1, -0.05) is 15.9 Å². The van der Waals surface area contributed by atoms with Crippen molar-refractivity contribution in [2.75, 3.05) is 13.2 Å². The summed E-state index contributed by atoms with van der Waals surface area (Å²) in [5.74, 6) is 0.833. The molecule has 1 aromatic carbocycles. The Kier molecular flexibility index (Phi) is 2.93. The molecule has 0 unspecified atom stereocenters. The van der Waals surface area contributed by atoms with E-state index in [0.717, 1.165) is 21.2 Å². The van der Waals surface area contributed by atoms with E-state index < -0.39 is 7.12 Å². The number of ether oxygens (including phenoxy) is 1. The molecule has 6 heteroatoms. The van der Waals surface area contributed by atoms with Crippen molar-refractivity contribution in [3.63, 3.8) is 0 Å². The molecule has 2 heterocycles. The Balaban J connectivity index is 2.13. The zero-order chi connectivity index (χ0) is 12.9. The Hall–Kier alpha value is -0.555. The van der Waals surface area contributed by atoms with E-state index in [0.29, 0.717) is 13.2 Å². The third-order valence-electron chi connectivity index (χ3n) is 3.25. The second-order valence-electron chi connectivity index (χ2n) is 5.23. The topological polar surface area (TPSA) is 53.7 Å². The summed E-state index contributed by atoms with van der Waals surface area (Å²) in [6.07, 6.45) is -0.142. The first kappa shape index (κ1) is 12.5. The van der Waals surface area contributed by atoms with Crippen molar-refractivity contribution in [1.29, 1.82) is 0 Å². The summed E-state index contributed by atoms with van der Waals surface area (Å²) < 4.78 is 18.7. The van der Waals surface area contributed by atoms with Crippen molar-refractivity contribution in [1.82, 2.24) is 0 Å². The molecule has 18 heavy (non-hydrogen) atoms. The molecule has 0 radical (unpaired) electrons. The van der Waals surface area contributed by atoms with Crippen LogP contribution in [0.4, 0.5) is 0 Å². The zero-order valence-electron chi connectivity index (χ0n) is 10.4. The lowest BCUT2D eigenvalue weighted by Gasteiger charge is -2.25. The molecule has 96 valence electrons. The quantitative estimate of drug-likeness (QED) is 0.796. The SMILES string of the molecule is CC1(C)COc2ccc(Br)c3c2B(O[C@@H]3CN)O1. The van der Waals surface area contributed by atoms with Gasteiger partial charge in [0.2, 0.25) is 0 Å². The predicted octanol–water partition coefficient (Wildman–Crippen LogP) is 1.36. The predicted molar refractivity (Wildman–Crippen MR) is 73.1 cm³/mol.